The summed E-state index contributed by atoms with van der Waals surface area (Å²) in [6, 6.07) is 6.21. The van der Waals surface area contributed by atoms with Crippen LogP contribution in [0.25, 0.3) is 0 Å². The van der Waals surface area contributed by atoms with Gasteiger partial charge in [0.2, 0.25) is 0 Å². The molecule has 0 bridgehead atoms. The minimum atomic E-state index is -0.0913. The molecular weight excluding hydrogens is 252 g/mol. The summed E-state index contributed by atoms with van der Waals surface area (Å²) in [4.78, 5) is 16.0. The molecule has 0 fully saturated rings. The van der Waals surface area contributed by atoms with Gasteiger partial charge in [0.1, 0.15) is 5.69 Å². The number of aryl methyl sites for hydroxylation is 1. The van der Waals surface area contributed by atoms with Crippen molar-refractivity contribution in [1.82, 2.24) is 14.9 Å². The van der Waals surface area contributed by atoms with Crippen LogP contribution in [0.4, 0.5) is 5.69 Å². The number of nitrogens with one attached hydrogen (secondary N) is 2. The molecule has 1 aliphatic heterocycles. The molecule has 104 valence electrons. The average Bonchev–Trinajstić information content (AvgIpc) is 2.91. The van der Waals surface area contributed by atoms with Crippen LogP contribution in [0.3, 0.4) is 0 Å². The van der Waals surface area contributed by atoms with Crippen LogP contribution in [0.2, 0.25) is 0 Å². The molecule has 0 saturated carbocycles. The predicted molar refractivity (Wildman–Crippen MR) is 77.6 cm³/mol. The third-order valence-electron chi connectivity index (χ3n) is 3.68. The van der Waals surface area contributed by atoms with E-state index in [0.717, 1.165) is 19.4 Å². The van der Waals surface area contributed by atoms with Crippen LogP contribution >= 0.6 is 0 Å². The molecule has 1 aromatic carbocycles. The maximum absolute atomic E-state index is 12.1. The Labute approximate surface area is 118 Å². The Balaban J connectivity index is 1.73. The van der Waals surface area contributed by atoms with Gasteiger partial charge in [-0.1, -0.05) is 12.1 Å². The zero-order valence-corrected chi connectivity index (χ0v) is 11.5. The molecule has 3 rings (SSSR count). The number of hydrogen-bond acceptors (Lipinski definition) is 3. The molecular formula is C15H18N4O. The minimum absolute atomic E-state index is 0.0913. The topological polar surface area (TPSA) is 59.0 Å². The monoisotopic (exact) mass is 270 g/mol. The standard InChI is InChI=1S/C15H18N4O/c1-19-10-16-9-14(19)15(20)18-8-11-4-2-6-13-12(11)5-3-7-17-13/h2,4,6,9-10,17H,3,5,7-8H2,1H3,(H,18,20). The largest absolute Gasteiger partial charge is 0.385 e. The normalized spacial score (nSPS) is 13.4. The summed E-state index contributed by atoms with van der Waals surface area (Å²) in [5, 5.41) is 6.37. The van der Waals surface area contributed by atoms with Gasteiger partial charge in [0.15, 0.2) is 0 Å². The van der Waals surface area contributed by atoms with Crippen molar-refractivity contribution in [1.29, 1.82) is 0 Å². The minimum Gasteiger partial charge on any atom is -0.385 e. The summed E-state index contributed by atoms with van der Waals surface area (Å²) in [6.45, 7) is 1.58. The van der Waals surface area contributed by atoms with Gasteiger partial charge < -0.3 is 15.2 Å². The van der Waals surface area contributed by atoms with Gasteiger partial charge in [-0.15, -0.1) is 0 Å². The Morgan fingerprint density at radius 1 is 1.50 bits per heavy atom. The van der Waals surface area contributed by atoms with Crippen molar-refractivity contribution >= 4 is 11.6 Å². The molecule has 2 aromatic rings. The van der Waals surface area contributed by atoms with Crippen LogP contribution in [0.1, 0.15) is 28.0 Å². The second-order valence-electron chi connectivity index (χ2n) is 5.05. The molecule has 2 N–H and O–H groups in total. The van der Waals surface area contributed by atoms with Crippen LogP contribution in [-0.4, -0.2) is 22.0 Å². The number of nitrogens with zero attached hydrogens (tertiary/aromatic N) is 2. The fourth-order valence-corrected chi connectivity index (χ4v) is 2.59. The lowest BCUT2D eigenvalue weighted by molar-refractivity contribution is 0.0942. The summed E-state index contributed by atoms with van der Waals surface area (Å²) < 4.78 is 1.72. The number of fused-ring (bicyclic) bond motifs is 1. The van der Waals surface area contributed by atoms with Gasteiger partial charge in [-0.2, -0.15) is 0 Å². The van der Waals surface area contributed by atoms with Crippen molar-refractivity contribution in [3.05, 3.63) is 47.5 Å². The maximum atomic E-state index is 12.1. The molecule has 20 heavy (non-hydrogen) atoms. The Kier molecular flexibility index (Phi) is 3.41. The van der Waals surface area contributed by atoms with Crippen LogP contribution in [0.15, 0.2) is 30.7 Å². The molecule has 0 spiro atoms. The molecule has 0 aliphatic carbocycles. The van der Waals surface area contributed by atoms with E-state index in [1.54, 1.807) is 17.1 Å². The Morgan fingerprint density at radius 2 is 2.40 bits per heavy atom. The molecule has 5 heteroatoms. The van der Waals surface area contributed by atoms with E-state index in [-0.39, 0.29) is 5.91 Å². The number of carbonyl (C=O) groups excluding carboxylic acids is 1. The summed E-state index contributed by atoms with van der Waals surface area (Å²) in [5.41, 5.74) is 4.28. The quantitative estimate of drug-likeness (QED) is 0.892. The van der Waals surface area contributed by atoms with Gasteiger partial charge >= 0.3 is 0 Å². The van der Waals surface area contributed by atoms with Crippen LogP contribution in [0, 0.1) is 0 Å². The molecule has 2 heterocycles. The van der Waals surface area contributed by atoms with E-state index in [4.69, 9.17) is 0 Å². The van der Waals surface area contributed by atoms with Crippen molar-refractivity contribution in [2.45, 2.75) is 19.4 Å². The summed E-state index contributed by atoms with van der Waals surface area (Å²) in [6.07, 6.45) is 5.42. The van der Waals surface area contributed by atoms with Crippen LogP contribution in [0.5, 0.6) is 0 Å². The van der Waals surface area contributed by atoms with E-state index in [0.29, 0.717) is 12.2 Å². The van der Waals surface area contributed by atoms with Gasteiger partial charge in [-0.05, 0) is 30.0 Å². The molecule has 5 nitrogen and oxygen atoms in total. The molecule has 1 aliphatic rings. The van der Waals surface area contributed by atoms with Crippen LogP contribution < -0.4 is 10.6 Å². The highest BCUT2D eigenvalue weighted by Crippen LogP contribution is 2.25. The number of benzene rings is 1. The second kappa shape index (κ2) is 5.36. The maximum Gasteiger partial charge on any atom is 0.269 e. The first kappa shape index (κ1) is 12.7. The lowest BCUT2D eigenvalue weighted by Gasteiger charge is -2.21. The number of rotatable bonds is 3. The van der Waals surface area contributed by atoms with Gasteiger partial charge in [-0.3, -0.25) is 4.79 Å². The fourth-order valence-electron chi connectivity index (χ4n) is 2.59. The van der Waals surface area contributed by atoms with Gasteiger partial charge in [0.05, 0.1) is 12.5 Å². The third-order valence-corrected chi connectivity index (χ3v) is 3.68. The van der Waals surface area contributed by atoms with Gasteiger partial charge in [0, 0.05) is 25.8 Å². The molecule has 0 unspecified atom stereocenters. The SMILES string of the molecule is Cn1cncc1C(=O)NCc1cccc2c1CCCN2. The smallest absolute Gasteiger partial charge is 0.269 e. The zero-order valence-electron chi connectivity index (χ0n) is 11.5. The number of aromatic nitrogens is 2. The van der Waals surface area contributed by atoms with Crippen molar-refractivity contribution in [3.63, 3.8) is 0 Å². The Morgan fingerprint density at radius 3 is 3.20 bits per heavy atom. The Hall–Kier alpha value is -2.30. The van der Waals surface area contributed by atoms with E-state index in [1.807, 2.05) is 13.1 Å². The fraction of sp³-hybridized carbons (Fsp3) is 0.333. The van der Waals surface area contributed by atoms with E-state index >= 15 is 0 Å². The number of amides is 1. The Bertz CT molecular complexity index is 633. The number of hydrogen-bond donors (Lipinski definition) is 2. The van der Waals surface area contributed by atoms with Crippen molar-refractivity contribution in [2.24, 2.45) is 7.05 Å². The highest BCUT2D eigenvalue weighted by atomic mass is 16.1. The second-order valence-corrected chi connectivity index (χ2v) is 5.05. The summed E-state index contributed by atoms with van der Waals surface area (Å²) in [7, 11) is 1.82. The zero-order chi connectivity index (χ0) is 13.9. The molecule has 0 atom stereocenters. The molecule has 0 radical (unpaired) electrons. The van der Waals surface area contributed by atoms with E-state index in [1.165, 1.54) is 16.8 Å². The average molecular weight is 270 g/mol. The van der Waals surface area contributed by atoms with E-state index in [9.17, 15) is 4.79 Å². The van der Waals surface area contributed by atoms with Crippen molar-refractivity contribution in [2.75, 3.05) is 11.9 Å². The van der Waals surface area contributed by atoms with Crippen LogP contribution in [-0.2, 0) is 20.0 Å². The number of carbonyl (C=O) groups is 1. The lowest BCUT2D eigenvalue weighted by atomic mass is 9.97. The highest BCUT2D eigenvalue weighted by Gasteiger charge is 2.14. The predicted octanol–water partition coefficient (Wildman–Crippen LogP) is 1.71. The van der Waals surface area contributed by atoms with E-state index < -0.39 is 0 Å². The number of anilines is 1. The molecule has 0 saturated heterocycles. The summed E-state index contributed by atoms with van der Waals surface area (Å²) >= 11 is 0. The first-order chi connectivity index (χ1) is 9.75. The van der Waals surface area contributed by atoms with Crippen molar-refractivity contribution < 1.29 is 4.79 Å². The van der Waals surface area contributed by atoms with Gasteiger partial charge in [-0.25, -0.2) is 4.98 Å². The number of imidazole rings is 1. The molecule has 1 aromatic heterocycles. The van der Waals surface area contributed by atoms with E-state index in [2.05, 4.69) is 27.8 Å². The third kappa shape index (κ3) is 2.39. The highest BCUT2D eigenvalue weighted by molar-refractivity contribution is 5.92. The van der Waals surface area contributed by atoms with Gasteiger partial charge in [0.25, 0.3) is 5.91 Å². The lowest BCUT2D eigenvalue weighted by Crippen LogP contribution is -2.26. The van der Waals surface area contributed by atoms with Crippen molar-refractivity contribution in [3.8, 4) is 0 Å². The molecule has 1 amide bonds. The first-order valence-electron chi connectivity index (χ1n) is 6.85. The summed E-state index contributed by atoms with van der Waals surface area (Å²) in [5.74, 6) is -0.0913. The first-order valence-corrected chi connectivity index (χ1v) is 6.85.